The highest BCUT2D eigenvalue weighted by atomic mass is 32.1. The van der Waals surface area contributed by atoms with Crippen LogP contribution in [0, 0.1) is 0 Å². The van der Waals surface area contributed by atoms with Crippen LogP contribution in [0.4, 0.5) is 17.1 Å². The van der Waals surface area contributed by atoms with Gasteiger partial charge in [-0.2, -0.15) is 0 Å². The number of anilines is 3. The van der Waals surface area contributed by atoms with Crippen LogP contribution >= 0.6 is 11.3 Å². The van der Waals surface area contributed by atoms with Gasteiger partial charge in [0, 0.05) is 26.8 Å². The molecule has 0 saturated carbocycles. The van der Waals surface area contributed by atoms with Crippen molar-refractivity contribution in [2.75, 3.05) is 4.90 Å². The van der Waals surface area contributed by atoms with Gasteiger partial charge >= 0.3 is 0 Å². The molecular formula is C46H31NS. The molecule has 48 heavy (non-hydrogen) atoms. The Morgan fingerprint density at radius 2 is 0.979 bits per heavy atom. The van der Waals surface area contributed by atoms with Crippen molar-refractivity contribution in [1.29, 1.82) is 0 Å². The topological polar surface area (TPSA) is 3.24 Å². The SMILES string of the molecule is c1ccc(-c2cccc(N(c3ccc(-c4ccc5cccc(-c6ccccc6)c5c4)cc3)c3cccc4c3sc3ccccc34)c2)cc1. The summed E-state index contributed by atoms with van der Waals surface area (Å²) in [5.74, 6) is 0. The lowest BCUT2D eigenvalue weighted by Gasteiger charge is -2.27. The maximum atomic E-state index is 2.42. The molecule has 0 spiro atoms. The molecule has 1 heterocycles. The Bertz CT molecular complexity index is 2550. The second-order valence-corrected chi connectivity index (χ2v) is 13.2. The molecule has 1 nitrogen and oxygen atoms in total. The number of rotatable bonds is 6. The summed E-state index contributed by atoms with van der Waals surface area (Å²) in [4.78, 5) is 2.42. The van der Waals surface area contributed by atoms with Crippen LogP contribution in [0.3, 0.4) is 0 Å². The molecule has 0 radical (unpaired) electrons. The summed E-state index contributed by atoms with van der Waals surface area (Å²) in [6, 6.07) is 68.1. The van der Waals surface area contributed by atoms with Gasteiger partial charge < -0.3 is 4.90 Å². The number of hydrogen-bond donors (Lipinski definition) is 0. The third-order valence-electron chi connectivity index (χ3n) is 9.26. The highest BCUT2D eigenvalue weighted by Gasteiger charge is 2.19. The van der Waals surface area contributed by atoms with Crippen molar-refractivity contribution in [2.45, 2.75) is 0 Å². The largest absolute Gasteiger partial charge is 0.309 e. The molecule has 0 atom stereocenters. The van der Waals surface area contributed by atoms with E-state index in [1.54, 1.807) is 0 Å². The van der Waals surface area contributed by atoms with Crippen molar-refractivity contribution in [3.05, 3.63) is 188 Å². The van der Waals surface area contributed by atoms with Gasteiger partial charge in [-0.1, -0.05) is 146 Å². The van der Waals surface area contributed by atoms with Gasteiger partial charge in [0.15, 0.2) is 0 Å². The lowest BCUT2D eigenvalue weighted by Crippen LogP contribution is -2.10. The van der Waals surface area contributed by atoms with Gasteiger partial charge in [-0.05, 0) is 86.6 Å². The maximum absolute atomic E-state index is 2.42. The monoisotopic (exact) mass is 629 g/mol. The third-order valence-corrected chi connectivity index (χ3v) is 10.5. The molecule has 0 saturated heterocycles. The Morgan fingerprint density at radius 3 is 1.81 bits per heavy atom. The first kappa shape index (κ1) is 28.3. The Labute approximate surface area is 284 Å². The summed E-state index contributed by atoms with van der Waals surface area (Å²) in [6.45, 7) is 0. The molecule has 1 aromatic heterocycles. The highest BCUT2D eigenvalue weighted by molar-refractivity contribution is 7.26. The van der Waals surface area contributed by atoms with E-state index in [9.17, 15) is 0 Å². The zero-order valence-electron chi connectivity index (χ0n) is 26.3. The first-order valence-electron chi connectivity index (χ1n) is 16.3. The smallest absolute Gasteiger partial charge is 0.0640 e. The number of fused-ring (bicyclic) bond motifs is 4. The van der Waals surface area contributed by atoms with Crippen molar-refractivity contribution in [3.63, 3.8) is 0 Å². The van der Waals surface area contributed by atoms with E-state index in [1.807, 2.05) is 11.3 Å². The lowest BCUT2D eigenvalue weighted by atomic mass is 9.95. The van der Waals surface area contributed by atoms with E-state index in [2.05, 4.69) is 193 Å². The highest BCUT2D eigenvalue weighted by Crippen LogP contribution is 2.45. The van der Waals surface area contributed by atoms with Crippen LogP contribution in [-0.4, -0.2) is 0 Å². The Hall–Kier alpha value is -5.96. The number of nitrogens with zero attached hydrogens (tertiary/aromatic N) is 1. The van der Waals surface area contributed by atoms with Gasteiger partial charge in [-0.3, -0.25) is 0 Å². The van der Waals surface area contributed by atoms with Gasteiger partial charge in [0.05, 0.1) is 10.4 Å². The summed E-state index contributed by atoms with van der Waals surface area (Å²) < 4.78 is 2.59. The second kappa shape index (κ2) is 12.0. The summed E-state index contributed by atoms with van der Waals surface area (Å²) in [5, 5.41) is 5.11. The molecule has 226 valence electrons. The van der Waals surface area contributed by atoms with Crippen LogP contribution in [0.2, 0.25) is 0 Å². The van der Waals surface area contributed by atoms with Gasteiger partial charge in [0.25, 0.3) is 0 Å². The summed E-state index contributed by atoms with van der Waals surface area (Å²) in [6.07, 6.45) is 0. The van der Waals surface area contributed by atoms with E-state index in [-0.39, 0.29) is 0 Å². The van der Waals surface area contributed by atoms with Crippen LogP contribution in [0.1, 0.15) is 0 Å². The average molecular weight is 630 g/mol. The van der Waals surface area contributed by atoms with Crippen molar-refractivity contribution in [2.24, 2.45) is 0 Å². The summed E-state index contributed by atoms with van der Waals surface area (Å²) in [7, 11) is 0. The Kier molecular flexibility index (Phi) is 7.07. The molecule has 0 unspecified atom stereocenters. The van der Waals surface area contributed by atoms with Gasteiger partial charge in [-0.25, -0.2) is 0 Å². The Balaban J connectivity index is 1.18. The molecular weight excluding hydrogens is 599 g/mol. The second-order valence-electron chi connectivity index (χ2n) is 12.2. The Morgan fingerprint density at radius 1 is 0.354 bits per heavy atom. The molecule has 2 heteroatoms. The first-order chi connectivity index (χ1) is 23.8. The maximum Gasteiger partial charge on any atom is 0.0640 e. The van der Waals surface area contributed by atoms with Crippen LogP contribution in [0.15, 0.2) is 188 Å². The van der Waals surface area contributed by atoms with Gasteiger partial charge in [-0.15, -0.1) is 11.3 Å². The van der Waals surface area contributed by atoms with E-state index < -0.39 is 0 Å². The predicted molar refractivity (Wildman–Crippen MR) is 208 cm³/mol. The lowest BCUT2D eigenvalue weighted by molar-refractivity contribution is 1.30. The van der Waals surface area contributed by atoms with Crippen molar-refractivity contribution >= 4 is 59.3 Å². The van der Waals surface area contributed by atoms with E-state index in [1.165, 1.54) is 70.0 Å². The minimum absolute atomic E-state index is 1.12. The molecule has 8 aromatic carbocycles. The van der Waals surface area contributed by atoms with Crippen LogP contribution in [-0.2, 0) is 0 Å². The summed E-state index contributed by atoms with van der Waals surface area (Å²) >= 11 is 1.87. The molecule has 0 amide bonds. The number of hydrogen-bond acceptors (Lipinski definition) is 2. The fourth-order valence-corrected chi connectivity index (χ4v) is 8.12. The minimum atomic E-state index is 1.12. The molecule has 0 bridgehead atoms. The minimum Gasteiger partial charge on any atom is -0.309 e. The van der Waals surface area contributed by atoms with E-state index in [0.717, 1.165) is 11.4 Å². The zero-order chi connectivity index (χ0) is 31.9. The first-order valence-corrected chi connectivity index (χ1v) is 17.2. The average Bonchev–Trinajstić information content (AvgIpc) is 3.55. The van der Waals surface area contributed by atoms with Crippen molar-refractivity contribution in [1.82, 2.24) is 0 Å². The van der Waals surface area contributed by atoms with Crippen LogP contribution < -0.4 is 4.90 Å². The van der Waals surface area contributed by atoms with E-state index in [0.29, 0.717) is 0 Å². The molecule has 0 aliphatic rings. The molecule has 0 fully saturated rings. The normalized spacial score (nSPS) is 11.3. The molecule has 0 aliphatic carbocycles. The fourth-order valence-electron chi connectivity index (χ4n) is 6.92. The summed E-state index contributed by atoms with van der Waals surface area (Å²) in [5.41, 5.74) is 10.7. The molecule has 9 rings (SSSR count). The molecule has 0 N–H and O–H groups in total. The van der Waals surface area contributed by atoms with Crippen LogP contribution in [0.5, 0.6) is 0 Å². The number of thiophene rings is 1. The van der Waals surface area contributed by atoms with Gasteiger partial charge in [0.1, 0.15) is 0 Å². The van der Waals surface area contributed by atoms with Crippen LogP contribution in [0.25, 0.3) is 64.3 Å². The van der Waals surface area contributed by atoms with Crippen molar-refractivity contribution in [3.8, 4) is 33.4 Å². The molecule has 9 aromatic rings. The van der Waals surface area contributed by atoms with Crippen molar-refractivity contribution < 1.29 is 0 Å². The zero-order valence-corrected chi connectivity index (χ0v) is 27.1. The van der Waals surface area contributed by atoms with E-state index >= 15 is 0 Å². The standard InChI is InChI=1S/C46H31NS/c1-3-12-32(13-4-1)36-17-9-18-39(30-36)47(44-22-11-21-42-41-19-7-8-23-45(41)48-46(42)44)38-28-26-33(27-29-38)37-25-24-35-16-10-20-40(43(35)31-37)34-14-5-2-6-15-34/h1-31H. The molecule has 0 aliphatic heterocycles. The fraction of sp³-hybridized carbons (Fsp3) is 0. The van der Waals surface area contributed by atoms with E-state index in [4.69, 9.17) is 0 Å². The predicted octanol–water partition coefficient (Wildman–Crippen LogP) is 13.7. The number of benzene rings is 8. The quantitative estimate of drug-likeness (QED) is 0.177. The van der Waals surface area contributed by atoms with Gasteiger partial charge in [0.2, 0.25) is 0 Å². The third kappa shape index (κ3) is 5.04.